The average Bonchev–Trinajstić information content (AvgIpc) is 3.55. The summed E-state index contributed by atoms with van der Waals surface area (Å²) in [7, 11) is 1.68. The van der Waals surface area contributed by atoms with Crippen LogP contribution in [0, 0.1) is 5.92 Å². The number of nitrogens with zero attached hydrogens (tertiary/aromatic N) is 4. The molecule has 2 aliphatic heterocycles. The van der Waals surface area contributed by atoms with Gasteiger partial charge < -0.3 is 15.0 Å². The Morgan fingerprint density at radius 2 is 1.98 bits per heavy atom. The summed E-state index contributed by atoms with van der Waals surface area (Å²) < 4.78 is 6.87. The van der Waals surface area contributed by atoms with E-state index in [1.54, 1.807) is 36.8 Å². The van der Waals surface area contributed by atoms with Gasteiger partial charge in [0, 0.05) is 46.9 Å². The standard InChI is InChI=1S/C29H28N6O3S2/c1-38-24-7-6-22(21-17-39-25-5-3-2-4-20(21)25)33-23(24)16-30-15-18-9-12-35(13-10-18)28-31-11-8-19(32-28)14-26-27(36)34-29(37)40-26/h2-8,11,14,17-18,30H,9-10,12-13,15-16H2,1H3,(H,34,36,37)/b26-14-. The summed E-state index contributed by atoms with van der Waals surface area (Å²) in [5, 5.41) is 8.90. The van der Waals surface area contributed by atoms with Crippen molar-refractivity contribution in [1.29, 1.82) is 0 Å². The lowest BCUT2D eigenvalue weighted by molar-refractivity contribution is -0.115. The third kappa shape index (κ3) is 5.72. The van der Waals surface area contributed by atoms with Crippen LogP contribution in [0.25, 0.3) is 27.4 Å². The number of methoxy groups -OCH3 is 1. The highest BCUT2D eigenvalue weighted by atomic mass is 32.2. The maximum atomic E-state index is 11.9. The summed E-state index contributed by atoms with van der Waals surface area (Å²) in [4.78, 5) is 39.8. The quantitative estimate of drug-likeness (QED) is 0.279. The van der Waals surface area contributed by atoms with Crippen LogP contribution >= 0.6 is 23.1 Å². The van der Waals surface area contributed by atoms with Crippen molar-refractivity contribution in [3.8, 4) is 17.0 Å². The molecule has 5 heterocycles. The molecule has 0 aliphatic carbocycles. The number of fused-ring (bicyclic) bond motifs is 1. The largest absolute Gasteiger partial charge is 0.495 e. The van der Waals surface area contributed by atoms with Crippen molar-refractivity contribution in [1.82, 2.24) is 25.6 Å². The highest BCUT2D eigenvalue weighted by Gasteiger charge is 2.26. The monoisotopic (exact) mass is 572 g/mol. The minimum Gasteiger partial charge on any atom is -0.495 e. The zero-order valence-corrected chi connectivity index (χ0v) is 23.6. The second kappa shape index (κ2) is 11.7. The molecule has 0 atom stereocenters. The lowest BCUT2D eigenvalue weighted by Crippen LogP contribution is -2.38. The van der Waals surface area contributed by atoms with Gasteiger partial charge in [0.15, 0.2) is 0 Å². The molecule has 0 saturated carbocycles. The van der Waals surface area contributed by atoms with E-state index in [-0.39, 0.29) is 11.1 Å². The molecule has 40 heavy (non-hydrogen) atoms. The molecule has 2 fully saturated rings. The Bertz CT molecular complexity index is 1600. The molecule has 0 unspecified atom stereocenters. The number of benzene rings is 1. The number of thioether (sulfide) groups is 1. The number of carbonyl (C=O) groups is 2. The van der Waals surface area contributed by atoms with Crippen molar-refractivity contribution in [2.45, 2.75) is 19.4 Å². The topological polar surface area (TPSA) is 109 Å². The molecule has 0 radical (unpaired) electrons. The minimum atomic E-state index is -0.386. The van der Waals surface area contributed by atoms with Crippen molar-refractivity contribution in [3.63, 3.8) is 0 Å². The van der Waals surface area contributed by atoms with Gasteiger partial charge in [0.25, 0.3) is 11.1 Å². The number of carbonyl (C=O) groups excluding carboxylic acids is 2. The lowest BCUT2D eigenvalue weighted by Gasteiger charge is -2.32. The van der Waals surface area contributed by atoms with Crippen molar-refractivity contribution in [2.75, 3.05) is 31.6 Å². The number of thiophene rings is 1. The maximum absolute atomic E-state index is 11.9. The summed E-state index contributed by atoms with van der Waals surface area (Å²) in [6.45, 7) is 3.22. The van der Waals surface area contributed by atoms with Crippen LogP contribution in [-0.2, 0) is 11.3 Å². The second-order valence-corrected chi connectivity index (χ2v) is 11.6. The molecule has 11 heteroatoms. The van der Waals surface area contributed by atoms with Gasteiger partial charge in [0.2, 0.25) is 5.95 Å². The van der Waals surface area contributed by atoms with Gasteiger partial charge in [-0.3, -0.25) is 14.9 Å². The molecule has 204 valence electrons. The molecular formula is C29H28N6O3S2. The van der Waals surface area contributed by atoms with Crippen molar-refractivity contribution in [3.05, 3.63) is 70.3 Å². The Balaban J connectivity index is 1.05. The van der Waals surface area contributed by atoms with E-state index in [1.165, 1.54) is 10.1 Å². The number of hydrogen-bond acceptors (Lipinski definition) is 10. The molecule has 2 aliphatic rings. The Kier molecular flexibility index (Phi) is 7.76. The first kappa shape index (κ1) is 26.4. The van der Waals surface area contributed by atoms with Crippen LogP contribution in [0.3, 0.4) is 0 Å². The molecule has 3 aromatic heterocycles. The fraction of sp³-hybridized carbons (Fsp3) is 0.276. The van der Waals surface area contributed by atoms with E-state index in [2.05, 4.69) is 55.1 Å². The Morgan fingerprint density at radius 3 is 2.77 bits per heavy atom. The Morgan fingerprint density at radius 1 is 1.12 bits per heavy atom. The van der Waals surface area contributed by atoms with Crippen LogP contribution in [0.4, 0.5) is 10.7 Å². The predicted octanol–water partition coefficient (Wildman–Crippen LogP) is 5.09. The molecule has 2 saturated heterocycles. The van der Waals surface area contributed by atoms with Gasteiger partial charge in [-0.1, -0.05) is 18.2 Å². The van der Waals surface area contributed by atoms with E-state index >= 15 is 0 Å². The smallest absolute Gasteiger partial charge is 0.290 e. The molecule has 9 nitrogen and oxygen atoms in total. The molecule has 4 aromatic rings. The second-order valence-electron chi connectivity index (χ2n) is 9.69. The number of amides is 2. The number of rotatable bonds is 8. The Hall–Kier alpha value is -3.80. The van der Waals surface area contributed by atoms with Crippen molar-refractivity contribution in [2.24, 2.45) is 5.92 Å². The summed E-state index contributed by atoms with van der Waals surface area (Å²) in [5.41, 5.74) is 3.63. The SMILES string of the molecule is COc1ccc(-c2csc3ccccc23)nc1CNCC1CCN(c2nccc(/C=C3\SC(=O)NC3=O)n2)CC1. The van der Waals surface area contributed by atoms with Crippen LogP contribution in [0.5, 0.6) is 5.75 Å². The zero-order chi connectivity index (χ0) is 27.5. The third-order valence-corrected chi connectivity index (χ3v) is 8.89. The number of nitrogens with one attached hydrogen (secondary N) is 2. The Labute approximate surface area is 240 Å². The number of pyridine rings is 1. The van der Waals surface area contributed by atoms with Gasteiger partial charge >= 0.3 is 0 Å². The summed E-state index contributed by atoms with van der Waals surface area (Å²) in [6.07, 6.45) is 5.35. The van der Waals surface area contributed by atoms with Crippen molar-refractivity contribution >= 4 is 56.4 Å². The van der Waals surface area contributed by atoms with Crippen LogP contribution in [0.15, 0.2) is 58.9 Å². The highest BCUT2D eigenvalue weighted by Crippen LogP contribution is 2.34. The molecule has 0 spiro atoms. The van der Waals surface area contributed by atoms with Crippen LogP contribution in [0.1, 0.15) is 24.2 Å². The molecule has 6 rings (SSSR count). The highest BCUT2D eigenvalue weighted by molar-refractivity contribution is 8.18. The van der Waals surface area contributed by atoms with Crippen LogP contribution in [0.2, 0.25) is 0 Å². The normalized spacial score (nSPS) is 17.1. The molecule has 1 aromatic carbocycles. The number of aromatic nitrogens is 3. The minimum absolute atomic E-state index is 0.347. The zero-order valence-electron chi connectivity index (χ0n) is 21.9. The first-order valence-corrected chi connectivity index (χ1v) is 14.8. The fourth-order valence-corrected chi connectivity index (χ4v) is 6.63. The first-order chi connectivity index (χ1) is 19.6. The number of anilines is 1. The predicted molar refractivity (Wildman–Crippen MR) is 159 cm³/mol. The first-order valence-electron chi connectivity index (χ1n) is 13.1. The van der Waals surface area contributed by atoms with Crippen molar-refractivity contribution < 1.29 is 14.3 Å². The van der Waals surface area contributed by atoms with E-state index in [9.17, 15) is 9.59 Å². The summed E-state index contributed by atoms with van der Waals surface area (Å²) in [5.74, 6) is 1.57. The van der Waals surface area contributed by atoms with Gasteiger partial charge in [-0.15, -0.1) is 11.3 Å². The number of ether oxygens (including phenoxy) is 1. The van der Waals surface area contributed by atoms with Gasteiger partial charge in [0.05, 0.1) is 29.1 Å². The molecule has 2 N–H and O–H groups in total. The van der Waals surface area contributed by atoms with Gasteiger partial charge in [-0.05, 0) is 67.4 Å². The maximum Gasteiger partial charge on any atom is 0.290 e. The van der Waals surface area contributed by atoms with E-state index in [0.717, 1.165) is 66.9 Å². The van der Waals surface area contributed by atoms with E-state index in [0.29, 0.717) is 29.0 Å². The fourth-order valence-electron chi connectivity index (χ4n) is 5.01. The van der Waals surface area contributed by atoms with Gasteiger partial charge in [-0.2, -0.15) is 0 Å². The summed E-state index contributed by atoms with van der Waals surface area (Å²) >= 11 is 2.62. The number of hydrogen-bond donors (Lipinski definition) is 2. The average molecular weight is 573 g/mol. The van der Waals surface area contributed by atoms with E-state index in [1.807, 2.05) is 12.1 Å². The number of piperidine rings is 1. The molecular weight excluding hydrogens is 544 g/mol. The van der Waals surface area contributed by atoms with E-state index < -0.39 is 0 Å². The molecule has 0 bridgehead atoms. The lowest BCUT2D eigenvalue weighted by atomic mass is 9.97. The third-order valence-electron chi connectivity index (χ3n) is 7.12. The van der Waals surface area contributed by atoms with Crippen LogP contribution in [-0.4, -0.2) is 52.8 Å². The number of imide groups is 1. The van der Waals surface area contributed by atoms with Gasteiger partial charge in [0.1, 0.15) is 5.75 Å². The van der Waals surface area contributed by atoms with Crippen LogP contribution < -0.4 is 20.3 Å². The molecule has 2 amide bonds. The van der Waals surface area contributed by atoms with Gasteiger partial charge in [-0.25, -0.2) is 15.0 Å². The summed E-state index contributed by atoms with van der Waals surface area (Å²) in [6, 6.07) is 14.2. The van der Waals surface area contributed by atoms with E-state index in [4.69, 9.17) is 9.72 Å².